The first kappa shape index (κ1) is 22.8. The minimum Gasteiger partial charge on any atom is -0.490 e. The number of rotatable bonds is 9. The smallest absolute Gasteiger partial charge is 0.269 e. The van der Waals surface area contributed by atoms with Crippen LogP contribution in [0.1, 0.15) is 18.1 Å². The summed E-state index contributed by atoms with van der Waals surface area (Å²) in [6.07, 6.45) is 1.63. The Bertz CT molecular complexity index is 1070. The van der Waals surface area contributed by atoms with E-state index in [9.17, 15) is 10.1 Å². The number of hydrogen-bond acceptors (Lipinski definition) is 6. The van der Waals surface area contributed by atoms with E-state index in [0.717, 1.165) is 20.1 Å². The third-order valence-corrected chi connectivity index (χ3v) is 5.23. The Morgan fingerprint density at radius 1 is 1.06 bits per heavy atom. The lowest BCUT2D eigenvalue weighted by Crippen LogP contribution is -2.02. The molecule has 7 nitrogen and oxygen atoms in total. The van der Waals surface area contributed by atoms with E-state index in [1.54, 1.807) is 18.3 Å². The van der Waals surface area contributed by atoms with Crippen molar-refractivity contribution in [3.63, 3.8) is 0 Å². The fraction of sp³-hybridized carbons (Fsp3) is 0.136. The summed E-state index contributed by atoms with van der Waals surface area (Å²) in [6, 6.07) is 17.6. The first-order valence-electron chi connectivity index (χ1n) is 9.33. The second-order valence-electron chi connectivity index (χ2n) is 6.35. The molecule has 160 valence electrons. The number of hydrogen-bond donors (Lipinski definition) is 1. The van der Waals surface area contributed by atoms with Crippen LogP contribution in [0.15, 0.2) is 74.7 Å². The lowest BCUT2D eigenvalue weighted by Gasteiger charge is -2.14. The van der Waals surface area contributed by atoms with Crippen LogP contribution in [-0.2, 0) is 6.61 Å². The first-order valence-corrected chi connectivity index (χ1v) is 10.9. The zero-order valence-electron chi connectivity index (χ0n) is 16.5. The summed E-state index contributed by atoms with van der Waals surface area (Å²) in [7, 11) is 0. The maximum atomic E-state index is 10.7. The molecule has 0 saturated heterocycles. The van der Waals surface area contributed by atoms with E-state index in [-0.39, 0.29) is 5.69 Å². The predicted octanol–water partition coefficient (Wildman–Crippen LogP) is 6.54. The van der Waals surface area contributed by atoms with E-state index in [4.69, 9.17) is 9.47 Å². The Morgan fingerprint density at radius 3 is 2.42 bits per heavy atom. The number of non-ortho nitro benzene ring substituents is 1. The van der Waals surface area contributed by atoms with Crippen LogP contribution in [0.2, 0.25) is 0 Å². The van der Waals surface area contributed by atoms with Gasteiger partial charge in [0.1, 0.15) is 6.61 Å². The van der Waals surface area contributed by atoms with Crippen LogP contribution in [0.3, 0.4) is 0 Å². The van der Waals surface area contributed by atoms with E-state index in [2.05, 4.69) is 42.4 Å². The van der Waals surface area contributed by atoms with Crippen molar-refractivity contribution < 1.29 is 14.4 Å². The molecule has 0 aliphatic heterocycles. The van der Waals surface area contributed by atoms with E-state index < -0.39 is 4.92 Å². The summed E-state index contributed by atoms with van der Waals surface area (Å²) in [5, 5.41) is 14.9. The van der Waals surface area contributed by atoms with Crippen molar-refractivity contribution in [3.8, 4) is 11.5 Å². The van der Waals surface area contributed by atoms with Gasteiger partial charge >= 0.3 is 0 Å². The van der Waals surface area contributed by atoms with Gasteiger partial charge in [-0.3, -0.25) is 15.5 Å². The van der Waals surface area contributed by atoms with Crippen molar-refractivity contribution >= 4 is 49.4 Å². The Morgan fingerprint density at radius 2 is 1.77 bits per heavy atom. The van der Waals surface area contributed by atoms with Gasteiger partial charge in [0.2, 0.25) is 0 Å². The average molecular weight is 549 g/mol. The van der Waals surface area contributed by atoms with Gasteiger partial charge in [-0.1, -0.05) is 28.1 Å². The Balaban J connectivity index is 1.71. The minimum atomic E-state index is -0.444. The summed E-state index contributed by atoms with van der Waals surface area (Å²) < 4.78 is 13.5. The lowest BCUT2D eigenvalue weighted by atomic mass is 10.2. The molecule has 1 N–H and O–H groups in total. The lowest BCUT2D eigenvalue weighted by molar-refractivity contribution is -0.384. The van der Waals surface area contributed by atoms with Crippen molar-refractivity contribution in [2.75, 3.05) is 12.0 Å². The molecule has 0 aromatic heterocycles. The van der Waals surface area contributed by atoms with Crippen molar-refractivity contribution in [1.82, 2.24) is 0 Å². The fourth-order valence-corrected chi connectivity index (χ4v) is 3.48. The monoisotopic (exact) mass is 547 g/mol. The molecular weight excluding hydrogens is 530 g/mol. The quantitative estimate of drug-likeness (QED) is 0.186. The van der Waals surface area contributed by atoms with Gasteiger partial charge in [0.15, 0.2) is 11.5 Å². The molecule has 0 radical (unpaired) electrons. The maximum absolute atomic E-state index is 10.7. The van der Waals surface area contributed by atoms with E-state index >= 15 is 0 Å². The topological polar surface area (TPSA) is 86.0 Å². The second-order valence-corrected chi connectivity index (χ2v) is 8.12. The zero-order chi connectivity index (χ0) is 22.2. The molecule has 3 rings (SSSR count). The van der Waals surface area contributed by atoms with Crippen LogP contribution in [0.5, 0.6) is 11.5 Å². The molecule has 0 unspecified atom stereocenters. The summed E-state index contributed by atoms with van der Waals surface area (Å²) in [5.74, 6) is 1.22. The number of anilines is 1. The highest BCUT2D eigenvalue weighted by Crippen LogP contribution is 2.37. The fourth-order valence-electron chi connectivity index (χ4n) is 2.64. The van der Waals surface area contributed by atoms with Gasteiger partial charge in [-0.25, -0.2) is 0 Å². The Hall–Kier alpha value is -2.91. The van der Waals surface area contributed by atoms with Crippen molar-refractivity contribution in [2.24, 2.45) is 5.10 Å². The van der Waals surface area contributed by atoms with Crippen LogP contribution in [-0.4, -0.2) is 17.7 Å². The molecule has 0 saturated carbocycles. The normalized spacial score (nSPS) is 10.8. The van der Waals surface area contributed by atoms with E-state index in [1.807, 2.05) is 43.3 Å². The molecule has 0 aliphatic rings. The number of benzene rings is 3. The number of nitrogens with one attached hydrogen (secondary N) is 1. The van der Waals surface area contributed by atoms with Crippen molar-refractivity contribution in [2.45, 2.75) is 13.5 Å². The molecule has 0 atom stereocenters. The van der Waals surface area contributed by atoms with Crippen molar-refractivity contribution in [1.29, 1.82) is 0 Å². The van der Waals surface area contributed by atoms with Gasteiger partial charge in [-0.15, -0.1) is 0 Å². The number of nitro groups is 1. The van der Waals surface area contributed by atoms with Crippen LogP contribution in [0, 0.1) is 10.1 Å². The van der Waals surface area contributed by atoms with E-state index in [0.29, 0.717) is 30.4 Å². The van der Waals surface area contributed by atoms with Gasteiger partial charge in [-0.2, -0.15) is 5.10 Å². The molecule has 31 heavy (non-hydrogen) atoms. The molecule has 0 heterocycles. The van der Waals surface area contributed by atoms with Crippen molar-refractivity contribution in [3.05, 3.63) is 90.9 Å². The van der Waals surface area contributed by atoms with Crippen LogP contribution >= 0.6 is 31.9 Å². The molecule has 0 amide bonds. The molecule has 0 bridgehead atoms. The van der Waals surface area contributed by atoms with Crippen LogP contribution in [0.4, 0.5) is 11.4 Å². The number of nitro benzene ring substituents is 1. The summed E-state index contributed by atoms with van der Waals surface area (Å²) in [6.45, 7) is 2.80. The minimum absolute atomic E-state index is 0.0264. The molecule has 0 fully saturated rings. The van der Waals surface area contributed by atoms with Crippen LogP contribution in [0.25, 0.3) is 0 Å². The Kier molecular flexibility index (Phi) is 8.02. The largest absolute Gasteiger partial charge is 0.490 e. The highest BCUT2D eigenvalue weighted by atomic mass is 79.9. The average Bonchev–Trinajstić information content (AvgIpc) is 2.75. The van der Waals surface area contributed by atoms with Gasteiger partial charge in [0.05, 0.1) is 27.9 Å². The molecule has 0 aliphatic carbocycles. The van der Waals surface area contributed by atoms with Gasteiger partial charge in [0.25, 0.3) is 5.69 Å². The summed E-state index contributed by atoms with van der Waals surface area (Å²) in [5.41, 5.74) is 5.35. The number of hydrazone groups is 1. The number of halogens is 2. The van der Waals surface area contributed by atoms with E-state index in [1.165, 1.54) is 12.1 Å². The van der Waals surface area contributed by atoms with Gasteiger partial charge in [-0.05, 0) is 70.4 Å². The Labute approximate surface area is 196 Å². The first-order chi connectivity index (χ1) is 15.0. The SMILES string of the molecule is CCOc1cc(/C=N/Nc2ccc([N+](=O)[O-])cc2)cc(Br)c1OCc1ccc(Br)cc1. The molecule has 0 spiro atoms. The summed E-state index contributed by atoms with van der Waals surface area (Å²) in [4.78, 5) is 10.3. The zero-order valence-corrected chi connectivity index (χ0v) is 19.7. The highest BCUT2D eigenvalue weighted by molar-refractivity contribution is 9.10. The highest BCUT2D eigenvalue weighted by Gasteiger charge is 2.12. The standard InChI is InChI=1S/C22H19Br2N3O4/c1-2-30-21-12-16(13-25-26-18-7-9-19(10-8-18)27(28)29)11-20(24)22(21)31-14-15-3-5-17(23)6-4-15/h3-13,26H,2,14H2,1H3/b25-13+. The number of nitrogens with zero attached hydrogens (tertiary/aromatic N) is 2. The molecule has 9 heteroatoms. The molecule has 3 aromatic carbocycles. The third-order valence-electron chi connectivity index (χ3n) is 4.11. The van der Waals surface area contributed by atoms with Crippen LogP contribution < -0.4 is 14.9 Å². The summed E-state index contributed by atoms with van der Waals surface area (Å²) >= 11 is 6.98. The molecule has 3 aromatic rings. The third kappa shape index (κ3) is 6.53. The predicted molar refractivity (Wildman–Crippen MR) is 128 cm³/mol. The van der Waals surface area contributed by atoms with Gasteiger partial charge in [0, 0.05) is 16.6 Å². The number of ether oxygens (including phenoxy) is 2. The van der Waals surface area contributed by atoms with Gasteiger partial charge < -0.3 is 9.47 Å². The molecular formula is C22H19Br2N3O4. The maximum Gasteiger partial charge on any atom is 0.269 e. The second kappa shape index (κ2) is 10.9.